The van der Waals surface area contributed by atoms with E-state index < -0.39 is 43.5 Å². The van der Waals surface area contributed by atoms with Crippen molar-refractivity contribution in [2.45, 2.75) is 45.4 Å². The van der Waals surface area contributed by atoms with Crippen molar-refractivity contribution in [3.63, 3.8) is 0 Å². The molecule has 12 nitrogen and oxygen atoms in total. The Kier molecular flexibility index (Phi) is 8.22. The fourth-order valence-electron chi connectivity index (χ4n) is 2.82. The molecule has 2 heterocycles. The highest BCUT2D eigenvalue weighted by atomic mass is 31.2. The van der Waals surface area contributed by atoms with Gasteiger partial charge in [0.2, 0.25) is 0 Å². The summed E-state index contributed by atoms with van der Waals surface area (Å²) >= 11 is 0. The van der Waals surface area contributed by atoms with Crippen molar-refractivity contribution in [1.29, 1.82) is 0 Å². The molecule has 0 amide bonds. The summed E-state index contributed by atoms with van der Waals surface area (Å²) in [5.41, 5.74) is -1.19. The second kappa shape index (κ2) is 10.9. The van der Waals surface area contributed by atoms with Gasteiger partial charge in [0.25, 0.3) is 5.56 Å². The molecule has 1 unspecified atom stereocenters. The molecule has 1 aliphatic rings. The Morgan fingerprint density at radius 1 is 1.24 bits per heavy atom. The SMILES string of the molecule is CC(C)OC(=O)[C@H](C)NP(=O)(OC[C@H]1OC[C@@H](n2ccc(=O)[nH]c2=O)O1)Oc1ccccc1. The lowest BCUT2D eigenvalue weighted by Gasteiger charge is -2.24. The zero-order chi connectivity index (χ0) is 24.0. The van der Waals surface area contributed by atoms with Gasteiger partial charge in [-0.05, 0) is 32.9 Å². The highest BCUT2D eigenvalue weighted by molar-refractivity contribution is 7.52. The van der Waals surface area contributed by atoms with Crippen LogP contribution in [0, 0.1) is 0 Å². The number of hydrogen-bond acceptors (Lipinski definition) is 9. The predicted molar refractivity (Wildman–Crippen MR) is 116 cm³/mol. The summed E-state index contributed by atoms with van der Waals surface area (Å²) in [6.07, 6.45) is -0.872. The van der Waals surface area contributed by atoms with Crippen molar-refractivity contribution < 1.29 is 32.6 Å². The number of aromatic nitrogens is 2. The van der Waals surface area contributed by atoms with Gasteiger partial charge in [0.05, 0.1) is 12.7 Å². The van der Waals surface area contributed by atoms with Crippen molar-refractivity contribution in [3.8, 4) is 5.75 Å². The molecular formula is C20H26N3O9P. The minimum absolute atomic E-state index is 0.00559. The van der Waals surface area contributed by atoms with E-state index in [0.29, 0.717) is 0 Å². The van der Waals surface area contributed by atoms with E-state index in [2.05, 4.69) is 10.1 Å². The molecule has 4 atom stereocenters. The summed E-state index contributed by atoms with van der Waals surface area (Å²) in [5, 5.41) is 2.56. The number of nitrogens with one attached hydrogen (secondary N) is 2. The Hall–Kier alpha value is -2.76. The third-order valence-corrected chi connectivity index (χ3v) is 5.95. The van der Waals surface area contributed by atoms with Gasteiger partial charge in [-0.3, -0.25) is 23.7 Å². The molecule has 0 spiro atoms. The van der Waals surface area contributed by atoms with Gasteiger partial charge in [-0.1, -0.05) is 18.2 Å². The molecule has 0 bridgehead atoms. The van der Waals surface area contributed by atoms with Crippen molar-refractivity contribution in [2.24, 2.45) is 0 Å². The minimum atomic E-state index is -4.08. The molecule has 0 saturated carbocycles. The molecule has 180 valence electrons. The minimum Gasteiger partial charge on any atom is -0.462 e. The first kappa shape index (κ1) is 24.9. The van der Waals surface area contributed by atoms with E-state index in [9.17, 15) is 18.9 Å². The first-order valence-corrected chi connectivity index (χ1v) is 11.8. The van der Waals surface area contributed by atoms with Crippen LogP contribution in [0.4, 0.5) is 0 Å². The Labute approximate surface area is 189 Å². The third kappa shape index (κ3) is 7.11. The van der Waals surface area contributed by atoms with Crippen molar-refractivity contribution in [3.05, 3.63) is 63.4 Å². The number of H-pyrrole nitrogens is 1. The van der Waals surface area contributed by atoms with Crippen LogP contribution in [0.25, 0.3) is 0 Å². The Morgan fingerprint density at radius 3 is 2.64 bits per heavy atom. The zero-order valence-corrected chi connectivity index (χ0v) is 19.2. The number of carbonyl (C=O) groups excluding carboxylic acids is 1. The molecule has 1 fully saturated rings. The van der Waals surface area contributed by atoms with Crippen LogP contribution in [0.1, 0.15) is 27.0 Å². The van der Waals surface area contributed by atoms with Gasteiger partial charge < -0.3 is 18.7 Å². The molecular weight excluding hydrogens is 457 g/mol. The highest BCUT2D eigenvalue weighted by Gasteiger charge is 2.36. The normalized spacial score (nSPS) is 20.8. The van der Waals surface area contributed by atoms with Crippen LogP contribution in [0.15, 0.2) is 52.2 Å². The van der Waals surface area contributed by atoms with E-state index in [4.69, 9.17) is 23.3 Å². The number of nitrogens with zero attached hydrogens (tertiary/aromatic N) is 1. The quantitative estimate of drug-likeness (QED) is 0.377. The highest BCUT2D eigenvalue weighted by Crippen LogP contribution is 2.45. The molecule has 33 heavy (non-hydrogen) atoms. The van der Waals surface area contributed by atoms with Gasteiger partial charge >= 0.3 is 19.4 Å². The van der Waals surface area contributed by atoms with Gasteiger partial charge in [0.15, 0.2) is 12.5 Å². The Morgan fingerprint density at radius 2 is 1.97 bits per heavy atom. The van der Waals surface area contributed by atoms with Crippen molar-refractivity contribution in [2.75, 3.05) is 13.2 Å². The van der Waals surface area contributed by atoms with Crippen molar-refractivity contribution >= 4 is 13.7 Å². The number of carbonyl (C=O) groups is 1. The van der Waals surface area contributed by atoms with Crippen LogP contribution in [0.3, 0.4) is 0 Å². The second-order valence-electron chi connectivity index (χ2n) is 7.41. The molecule has 13 heteroatoms. The average Bonchev–Trinajstić information content (AvgIpc) is 3.21. The molecule has 2 aromatic rings. The van der Waals surface area contributed by atoms with Crippen LogP contribution < -0.4 is 20.9 Å². The largest absolute Gasteiger partial charge is 0.462 e. The number of para-hydroxylation sites is 1. The molecule has 0 aliphatic carbocycles. The van der Waals surface area contributed by atoms with E-state index in [1.807, 2.05) is 0 Å². The van der Waals surface area contributed by atoms with Crippen LogP contribution >= 0.6 is 7.75 Å². The van der Waals surface area contributed by atoms with E-state index in [-0.39, 0.29) is 25.1 Å². The predicted octanol–water partition coefficient (Wildman–Crippen LogP) is 1.54. The smallest absolute Gasteiger partial charge is 0.459 e. The van der Waals surface area contributed by atoms with E-state index in [1.54, 1.807) is 44.2 Å². The molecule has 1 saturated heterocycles. The van der Waals surface area contributed by atoms with Crippen LogP contribution in [0.2, 0.25) is 0 Å². The number of esters is 1. The molecule has 1 aromatic heterocycles. The lowest BCUT2D eigenvalue weighted by atomic mass is 10.3. The number of hydrogen-bond donors (Lipinski definition) is 2. The van der Waals surface area contributed by atoms with E-state index >= 15 is 0 Å². The summed E-state index contributed by atoms with van der Waals surface area (Å²) < 4.78 is 41.8. The first-order chi connectivity index (χ1) is 15.6. The summed E-state index contributed by atoms with van der Waals surface area (Å²) in [6, 6.07) is 8.47. The fraction of sp³-hybridized carbons (Fsp3) is 0.450. The van der Waals surface area contributed by atoms with Crippen LogP contribution in [0.5, 0.6) is 5.75 Å². The standard InChI is InChI=1S/C20H26N3O9P/c1-13(2)30-19(25)14(3)22-33(27,32-15-7-5-4-6-8-15)29-12-18-28-11-17(31-18)23-10-9-16(24)21-20(23)26/h4-10,13-14,17-18H,11-12H2,1-3H3,(H,22,27)(H,21,24,26)/t14-,17-,18-,33?/m0/s1. The summed E-state index contributed by atoms with van der Waals surface area (Å²) in [4.78, 5) is 37.5. The van der Waals surface area contributed by atoms with Gasteiger partial charge in [-0.15, -0.1) is 0 Å². The Bertz CT molecular complexity index is 1100. The summed E-state index contributed by atoms with van der Waals surface area (Å²) in [5.74, 6) is -0.375. The van der Waals surface area contributed by atoms with E-state index in [0.717, 1.165) is 4.57 Å². The fourth-order valence-corrected chi connectivity index (χ4v) is 4.30. The maximum absolute atomic E-state index is 13.4. The van der Waals surface area contributed by atoms with Gasteiger partial charge in [0.1, 0.15) is 18.4 Å². The topological polar surface area (TPSA) is 147 Å². The van der Waals surface area contributed by atoms with Gasteiger partial charge in [0, 0.05) is 12.3 Å². The first-order valence-electron chi connectivity index (χ1n) is 10.2. The third-order valence-electron chi connectivity index (χ3n) is 4.30. The molecule has 2 N–H and O–H groups in total. The number of benzene rings is 1. The summed E-state index contributed by atoms with van der Waals surface area (Å²) in [6.45, 7) is 4.52. The van der Waals surface area contributed by atoms with Crippen LogP contribution in [-0.2, 0) is 28.1 Å². The number of aromatic amines is 1. The second-order valence-corrected chi connectivity index (χ2v) is 9.10. The number of ether oxygens (including phenoxy) is 3. The lowest BCUT2D eigenvalue weighted by molar-refractivity contribution is -0.149. The van der Waals surface area contributed by atoms with Crippen LogP contribution in [-0.4, -0.2) is 47.2 Å². The van der Waals surface area contributed by atoms with Gasteiger partial charge in [-0.25, -0.2) is 9.36 Å². The average molecular weight is 483 g/mol. The maximum Gasteiger partial charge on any atom is 0.459 e. The molecule has 0 radical (unpaired) electrons. The van der Waals surface area contributed by atoms with E-state index in [1.165, 1.54) is 19.2 Å². The zero-order valence-electron chi connectivity index (χ0n) is 18.3. The monoisotopic (exact) mass is 483 g/mol. The molecule has 1 aromatic carbocycles. The Balaban J connectivity index is 1.67. The lowest BCUT2D eigenvalue weighted by Crippen LogP contribution is -2.36. The van der Waals surface area contributed by atoms with Crippen molar-refractivity contribution in [1.82, 2.24) is 14.6 Å². The molecule has 1 aliphatic heterocycles. The summed E-state index contributed by atoms with van der Waals surface area (Å²) in [7, 11) is -4.08. The number of rotatable bonds is 10. The maximum atomic E-state index is 13.4. The molecule has 3 rings (SSSR count). The van der Waals surface area contributed by atoms with Gasteiger partial charge in [-0.2, -0.15) is 5.09 Å².